The van der Waals surface area contributed by atoms with Crippen molar-refractivity contribution in [2.75, 3.05) is 26.1 Å². The molecule has 0 aromatic rings. The minimum absolute atomic E-state index is 0.000263. The molecule has 33 heavy (non-hydrogen) atoms. The Morgan fingerprint density at radius 3 is 1.76 bits per heavy atom. The Hall–Kier alpha value is -3.38. The monoisotopic (exact) mass is 486 g/mol. The molecule has 4 N–H and O–H groups in total. The van der Waals surface area contributed by atoms with Crippen molar-refractivity contribution in [1.29, 1.82) is 0 Å². The number of fused-ring (bicyclic) bond motifs is 1. The summed E-state index contributed by atoms with van der Waals surface area (Å²) in [5, 5.41) is 18.0. The van der Waals surface area contributed by atoms with Gasteiger partial charge in [0.05, 0.1) is 26.7 Å². The third-order valence-corrected chi connectivity index (χ3v) is 6.12. The first kappa shape index (κ1) is 25.9. The van der Waals surface area contributed by atoms with E-state index in [4.69, 9.17) is 39.3 Å². The van der Waals surface area contributed by atoms with Gasteiger partial charge in [-0.15, -0.1) is 4.83 Å². The second kappa shape index (κ2) is 11.0. The molecule has 0 aliphatic heterocycles. The van der Waals surface area contributed by atoms with Crippen molar-refractivity contribution >= 4 is 31.7 Å². The number of nitrogen functional groups attached to an aromatic ring is 1. The predicted molar refractivity (Wildman–Crippen MR) is 113 cm³/mol. The summed E-state index contributed by atoms with van der Waals surface area (Å²) in [6, 6.07) is 5.64. The van der Waals surface area contributed by atoms with E-state index in [0.29, 0.717) is 10.4 Å². The van der Waals surface area contributed by atoms with Crippen LogP contribution >= 0.6 is 7.75 Å². The van der Waals surface area contributed by atoms with Gasteiger partial charge in [-0.2, -0.15) is 0 Å². The van der Waals surface area contributed by atoms with Gasteiger partial charge in [0.25, 0.3) is 5.91 Å². The number of hydrogen-bond acceptors (Lipinski definition) is 10. The Bertz CT molecular complexity index is 995. The van der Waals surface area contributed by atoms with Gasteiger partial charge in [0.15, 0.2) is 11.5 Å². The summed E-state index contributed by atoms with van der Waals surface area (Å²) >= 11 is 0. The third kappa shape index (κ3) is 5.90. The highest BCUT2D eigenvalue weighted by atomic mass is 31.2. The molecule has 0 heterocycles. The summed E-state index contributed by atoms with van der Waals surface area (Å²) in [5.74, 6) is -1.40. The molecular formula is C19H23N2O11P. The van der Waals surface area contributed by atoms with Gasteiger partial charge >= 0.3 is 20.1 Å². The van der Waals surface area contributed by atoms with Crippen LogP contribution in [0.1, 0.15) is 19.4 Å². The summed E-state index contributed by atoms with van der Waals surface area (Å²) in [5.41, 5.74) is 6.12. The first-order chi connectivity index (χ1) is 15.6. The molecule has 2 aliphatic rings. The van der Waals surface area contributed by atoms with Crippen molar-refractivity contribution in [1.82, 2.24) is 4.83 Å². The molecule has 14 heteroatoms. The summed E-state index contributed by atoms with van der Waals surface area (Å²) in [7, 11) is -2.92. The summed E-state index contributed by atoms with van der Waals surface area (Å²) in [6.07, 6.45) is -3.67. The molecule has 0 aromatic carbocycles. The molecule has 2 rings (SSSR count). The van der Waals surface area contributed by atoms with E-state index in [1.807, 2.05) is 0 Å². The molecule has 0 aromatic heterocycles. The lowest BCUT2D eigenvalue weighted by molar-refractivity contribution is -0.157. The second-order valence-corrected chi connectivity index (χ2v) is 8.02. The first-order valence-corrected chi connectivity index (χ1v) is 11.0. The lowest BCUT2D eigenvalue weighted by Gasteiger charge is -2.27. The number of nitrogens with two attached hydrogens (primary N) is 1. The predicted octanol–water partition coefficient (Wildman–Crippen LogP) is 3.60. The average Bonchev–Trinajstić information content (AvgIpc) is 2.85. The fraction of sp³-hybridized carbons (Fsp3) is 0.316. The third-order valence-electron chi connectivity index (χ3n) is 4.12. The molecule has 2 aliphatic carbocycles. The molecule has 1 amide bonds. The molecule has 180 valence electrons. The Labute approximate surface area is 188 Å². The maximum absolute atomic E-state index is 12.9. The Balaban J connectivity index is 2.47. The SMILES string of the molecule is CCOP(=O)(OCC)N(OC)C(=O)Cc1ccc2c(OC(=O)O)c(N)c(OC(=O)O)c-2cc1. The van der Waals surface area contributed by atoms with Gasteiger partial charge in [0.1, 0.15) is 5.69 Å². The van der Waals surface area contributed by atoms with Crippen molar-refractivity contribution in [2.24, 2.45) is 0 Å². The molecule has 0 unspecified atom stereocenters. The fourth-order valence-electron chi connectivity index (χ4n) is 2.97. The number of carboxylic acid groups (broad SMARTS) is 2. The largest absolute Gasteiger partial charge is 0.511 e. The zero-order valence-corrected chi connectivity index (χ0v) is 18.9. The van der Waals surface area contributed by atoms with Crippen LogP contribution in [0.5, 0.6) is 11.5 Å². The second-order valence-electron chi connectivity index (χ2n) is 6.21. The van der Waals surface area contributed by atoms with E-state index < -0.39 is 26.0 Å². The minimum Gasteiger partial charge on any atom is -0.449 e. The molecule has 0 bridgehead atoms. The number of amides is 1. The molecule has 0 saturated heterocycles. The van der Waals surface area contributed by atoms with E-state index in [9.17, 15) is 18.9 Å². The van der Waals surface area contributed by atoms with Gasteiger partial charge < -0.3 is 25.4 Å². The van der Waals surface area contributed by atoms with Crippen molar-refractivity contribution < 1.29 is 52.5 Å². The molecule has 13 nitrogen and oxygen atoms in total. The molecule has 0 saturated carbocycles. The van der Waals surface area contributed by atoms with Crippen LogP contribution in [0.15, 0.2) is 24.3 Å². The number of rotatable bonds is 10. The zero-order chi connectivity index (χ0) is 24.8. The molecule has 0 radical (unpaired) electrons. The molecular weight excluding hydrogens is 463 g/mol. The van der Waals surface area contributed by atoms with E-state index in [0.717, 1.165) is 7.11 Å². The Morgan fingerprint density at radius 1 is 0.939 bits per heavy atom. The maximum atomic E-state index is 12.9. The first-order valence-electron chi connectivity index (χ1n) is 9.50. The number of carbonyl (C=O) groups excluding carboxylic acids is 1. The van der Waals surface area contributed by atoms with Crippen molar-refractivity contribution in [3.63, 3.8) is 0 Å². The van der Waals surface area contributed by atoms with Gasteiger partial charge in [0, 0.05) is 11.1 Å². The van der Waals surface area contributed by atoms with E-state index in [-0.39, 0.29) is 47.9 Å². The number of carbonyl (C=O) groups is 3. The molecule has 0 atom stereocenters. The fourth-order valence-corrected chi connectivity index (χ4v) is 4.45. The molecule has 0 spiro atoms. The minimum atomic E-state index is -4.05. The lowest BCUT2D eigenvalue weighted by atomic mass is 10.2. The number of ether oxygens (including phenoxy) is 2. The van der Waals surface area contributed by atoms with Gasteiger partial charge in [-0.1, -0.05) is 24.3 Å². The van der Waals surface area contributed by atoms with Crippen LogP contribution in [0.4, 0.5) is 15.3 Å². The summed E-state index contributed by atoms with van der Waals surface area (Å²) < 4.78 is 32.5. The van der Waals surface area contributed by atoms with E-state index in [2.05, 4.69) is 0 Å². The Morgan fingerprint density at radius 2 is 1.39 bits per heavy atom. The average molecular weight is 486 g/mol. The molecule has 0 fully saturated rings. The zero-order valence-electron chi connectivity index (χ0n) is 18.0. The highest BCUT2D eigenvalue weighted by Gasteiger charge is 2.38. The smallest absolute Gasteiger partial charge is 0.449 e. The summed E-state index contributed by atoms with van der Waals surface area (Å²) in [6.45, 7) is 3.15. The van der Waals surface area contributed by atoms with Crippen LogP contribution in [0.2, 0.25) is 0 Å². The van der Waals surface area contributed by atoms with E-state index >= 15 is 0 Å². The van der Waals surface area contributed by atoms with Crippen LogP contribution in [-0.2, 0) is 29.7 Å². The van der Waals surface area contributed by atoms with Crippen LogP contribution in [0.3, 0.4) is 0 Å². The van der Waals surface area contributed by atoms with Crippen LogP contribution in [0, 0.1) is 0 Å². The topological polar surface area (TPSA) is 184 Å². The normalized spacial score (nSPS) is 11.2. The standard InChI is InChI=1S/C19H23N2O11P/c1-4-29-33(27,30-5-2)21(28-3)14(22)10-11-6-8-12-13(9-7-11)17(32-19(25)26)15(20)16(12)31-18(23)24/h6-9H,4-5,10,20H2,1-3H3,(H,23,24)(H,25,26). The number of anilines is 1. The highest BCUT2D eigenvalue weighted by Crippen LogP contribution is 2.52. The maximum Gasteiger partial charge on any atom is 0.511 e. The van der Waals surface area contributed by atoms with Crippen LogP contribution < -0.4 is 15.2 Å². The number of hydroxylamine groups is 1. The van der Waals surface area contributed by atoms with E-state index in [1.54, 1.807) is 13.8 Å². The number of hydrogen-bond donors (Lipinski definition) is 3. The van der Waals surface area contributed by atoms with Gasteiger partial charge in [-0.05, 0) is 19.4 Å². The Kier molecular flexibility index (Phi) is 8.60. The van der Waals surface area contributed by atoms with Crippen molar-refractivity contribution in [3.8, 4) is 22.6 Å². The van der Waals surface area contributed by atoms with Crippen molar-refractivity contribution in [2.45, 2.75) is 20.3 Å². The van der Waals surface area contributed by atoms with Crippen molar-refractivity contribution in [3.05, 3.63) is 29.8 Å². The van der Waals surface area contributed by atoms with Gasteiger partial charge in [0.2, 0.25) is 0 Å². The van der Waals surface area contributed by atoms with Gasteiger partial charge in [-0.3, -0.25) is 18.7 Å². The van der Waals surface area contributed by atoms with Gasteiger partial charge in [-0.25, -0.2) is 14.2 Å². The van der Waals surface area contributed by atoms with Crippen LogP contribution in [0.25, 0.3) is 11.1 Å². The summed E-state index contributed by atoms with van der Waals surface area (Å²) in [4.78, 5) is 40.4. The lowest BCUT2D eigenvalue weighted by Crippen LogP contribution is -2.30. The number of nitrogens with zero attached hydrogens (tertiary/aromatic N) is 1. The quantitative estimate of drug-likeness (QED) is 0.252. The van der Waals surface area contributed by atoms with Crippen LogP contribution in [-0.4, -0.2) is 53.6 Å². The highest BCUT2D eigenvalue weighted by molar-refractivity contribution is 7.51. The van der Waals surface area contributed by atoms with E-state index in [1.165, 1.54) is 24.3 Å².